The van der Waals surface area contributed by atoms with Crippen molar-refractivity contribution in [1.82, 2.24) is 19.6 Å². The Hall–Kier alpha value is -2.47. The van der Waals surface area contributed by atoms with Crippen LogP contribution in [0.15, 0.2) is 40.9 Å². The first kappa shape index (κ1) is 20.8. The maximum Gasteiger partial charge on any atom is 0.250 e. The number of carbonyl (C=O) groups excluding carboxylic acids is 1. The Morgan fingerprint density at radius 1 is 1.30 bits per heavy atom. The molecule has 158 valence electrons. The van der Waals surface area contributed by atoms with E-state index in [1.54, 1.807) is 29.4 Å². The standard InChI is InChI=1S/C18H19ClN6O3S2/c19-16-11(3-6-23-17(16)20)22-7-9-25-8-4-12(18(25)26)24-30(27,28)15-10-13-14(29-15)2-1-5-21-13/h1-3,5-6,10,12,24H,4,7-9H2,(H3,20,22,23)/t12-/m0/s1. The molecule has 0 aromatic carbocycles. The predicted molar refractivity (Wildman–Crippen MR) is 117 cm³/mol. The number of fused-ring (bicyclic) bond motifs is 1. The number of thiophene rings is 1. The van der Waals surface area contributed by atoms with Gasteiger partial charge < -0.3 is 16.0 Å². The minimum atomic E-state index is -3.81. The van der Waals surface area contributed by atoms with Gasteiger partial charge in [0.05, 0.1) is 15.9 Å². The summed E-state index contributed by atoms with van der Waals surface area (Å²) >= 11 is 7.22. The van der Waals surface area contributed by atoms with Gasteiger partial charge >= 0.3 is 0 Å². The highest BCUT2D eigenvalue weighted by Crippen LogP contribution is 2.28. The van der Waals surface area contributed by atoms with E-state index >= 15 is 0 Å². The fourth-order valence-corrected chi connectivity index (χ4v) is 5.97. The topological polar surface area (TPSA) is 130 Å². The molecule has 4 N–H and O–H groups in total. The van der Waals surface area contributed by atoms with E-state index in [2.05, 4.69) is 20.0 Å². The predicted octanol–water partition coefficient (Wildman–Crippen LogP) is 1.92. The van der Waals surface area contributed by atoms with Crippen molar-refractivity contribution in [2.45, 2.75) is 16.7 Å². The van der Waals surface area contributed by atoms with Gasteiger partial charge in [0, 0.05) is 32.0 Å². The molecule has 0 saturated carbocycles. The summed E-state index contributed by atoms with van der Waals surface area (Å²) < 4.78 is 28.9. The van der Waals surface area contributed by atoms with Crippen LogP contribution in [0, 0.1) is 0 Å². The number of carbonyl (C=O) groups is 1. The van der Waals surface area contributed by atoms with Crippen LogP contribution in [0.5, 0.6) is 0 Å². The van der Waals surface area contributed by atoms with Crippen molar-refractivity contribution < 1.29 is 13.2 Å². The minimum absolute atomic E-state index is 0.147. The Kier molecular flexibility index (Phi) is 5.78. The first-order chi connectivity index (χ1) is 14.3. The third kappa shape index (κ3) is 4.19. The number of aromatic nitrogens is 2. The third-order valence-electron chi connectivity index (χ3n) is 4.74. The molecule has 4 rings (SSSR count). The summed E-state index contributed by atoms with van der Waals surface area (Å²) in [6.45, 7) is 1.31. The molecular formula is C18H19ClN6O3S2. The minimum Gasteiger partial charge on any atom is -0.382 e. The number of nitrogens with zero attached hydrogens (tertiary/aromatic N) is 3. The van der Waals surface area contributed by atoms with Gasteiger partial charge in [-0.1, -0.05) is 11.6 Å². The van der Waals surface area contributed by atoms with Crippen molar-refractivity contribution in [2.24, 2.45) is 0 Å². The second-order valence-corrected chi connectivity index (χ2v) is 10.1. The van der Waals surface area contributed by atoms with Gasteiger partial charge in [0.1, 0.15) is 21.1 Å². The van der Waals surface area contributed by atoms with E-state index in [4.69, 9.17) is 17.3 Å². The summed E-state index contributed by atoms with van der Waals surface area (Å²) in [6, 6.07) is 6.00. The SMILES string of the molecule is Nc1nccc(NCCN2CC[C@H](NS(=O)(=O)c3cc4ncccc4s3)C2=O)c1Cl. The number of hydrogen-bond acceptors (Lipinski definition) is 8. The van der Waals surface area contributed by atoms with Crippen molar-refractivity contribution in [3.05, 3.63) is 41.7 Å². The number of amides is 1. The number of likely N-dealkylation sites (tertiary alicyclic amines) is 1. The number of anilines is 2. The molecule has 3 aromatic heterocycles. The second-order valence-electron chi connectivity index (χ2n) is 6.72. The highest BCUT2D eigenvalue weighted by atomic mass is 35.5. The molecule has 9 nitrogen and oxygen atoms in total. The van der Waals surface area contributed by atoms with E-state index in [1.165, 1.54) is 6.07 Å². The van der Waals surface area contributed by atoms with Crippen LogP contribution in [0.1, 0.15) is 6.42 Å². The molecule has 0 radical (unpaired) electrons. The largest absolute Gasteiger partial charge is 0.382 e. The average molecular weight is 467 g/mol. The fourth-order valence-electron chi connectivity index (χ4n) is 3.22. The number of nitrogens with two attached hydrogens (primary N) is 1. The van der Waals surface area contributed by atoms with Crippen molar-refractivity contribution in [3.8, 4) is 0 Å². The van der Waals surface area contributed by atoms with Crippen molar-refractivity contribution in [1.29, 1.82) is 0 Å². The zero-order chi connectivity index (χ0) is 21.3. The number of pyridine rings is 2. The van der Waals surface area contributed by atoms with Crippen LogP contribution in [-0.2, 0) is 14.8 Å². The first-order valence-corrected chi connectivity index (χ1v) is 11.8. The normalized spacial score (nSPS) is 17.0. The first-order valence-electron chi connectivity index (χ1n) is 9.15. The van der Waals surface area contributed by atoms with Gasteiger partial charge in [-0.25, -0.2) is 13.4 Å². The van der Waals surface area contributed by atoms with Crippen LogP contribution in [0.25, 0.3) is 10.2 Å². The monoisotopic (exact) mass is 466 g/mol. The van der Waals surface area contributed by atoms with Gasteiger partial charge in [-0.2, -0.15) is 4.72 Å². The van der Waals surface area contributed by atoms with Crippen LogP contribution in [0.3, 0.4) is 0 Å². The lowest BCUT2D eigenvalue weighted by Crippen LogP contribution is -2.42. The van der Waals surface area contributed by atoms with E-state index in [9.17, 15) is 13.2 Å². The van der Waals surface area contributed by atoms with Gasteiger partial charge in [-0.3, -0.25) is 9.78 Å². The Morgan fingerprint density at radius 2 is 2.13 bits per heavy atom. The van der Waals surface area contributed by atoms with Gasteiger partial charge in [-0.15, -0.1) is 11.3 Å². The fraction of sp³-hybridized carbons (Fsp3) is 0.278. The van der Waals surface area contributed by atoms with Gasteiger partial charge in [0.25, 0.3) is 10.0 Å². The number of nitrogens with one attached hydrogen (secondary N) is 2. The molecule has 1 amide bonds. The molecule has 1 fully saturated rings. The molecule has 0 spiro atoms. The van der Waals surface area contributed by atoms with Crippen LogP contribution in [-0.4, -0.2) is 54.9 Å². The van der Waals surface area contributed by atoms with Crippen LogP contribution < -0.4 is 15.8 Å². The van der Waals surface area contributed by atoms with E-state index in [-0.39, 0.29) is 15.9 Å². The average Bonchev–Trinajstić information content (AvgIpc) is 3.30. The number of sulfonamides is 1. The Labute approximate surface area is 182 Å². The smallest absolute Gasteiger partial charge is 0.250 e. The summed E-state index contributed by atoms with van der Waals surface area (Å²) in [6.07, 6.45) is 3.56. The maximum absolute atomic E-state index is 12.7. The Bertz CT molecular complexity index is 1170. The summed E-state index contributed by atoms with van der Waals surface area (Å²) in [5.74, 6) is -0.0234. The lowest BCUT2D eigenvalue weighted by molar-refractivity contribution is -0.128. The van der Waals surface area contributed by atoms with Crippen molar-refractivity contribution in [2.75, 3.05) is 30.7 Å². The van der Waals surface area contributed by atoms with Gasteiger partial charge in [-0.05, 0) is 30.7 Å². The van der Waals surface area contributed by atoms with E-state index < -0.39 is 16.1 Å². The third-order valence-corrected chi connectivity index (χ3v) is 8.17. The van der Waals surface area contributed by atoms with Crippen molar-refractivity contribution >= 4 is 60.6 Å². The molecule has 1 atom stereocenters. The Morgan fingerprint density at radius 3 is 2.93 bits per heavy atom. The number of rotatable bonds is 7. The molecular weight excluding hydrogens is 448 g/mol. The lowest BCUT2D eigenvalue weighted by atomic mass is 10.3. The zero-order valence-corrected chi connectivity index (χ0v) is 18.1. The summed E-state index contributed by atoms with van der Waals surface area (Å²) in [7, 11) is -3.81. The number of nitrogen functional groups attached to an aromatic ring is 1. The van der Waals surface area contributed by atoms with Gasteiger partial charge in [0.15, 0.2) is 0 Å². The van der Waals surface area contributed by atoms with Crippen LogP contribution in [0.2, 0.25) is 5.02 Å². The number of hydrogen-bond donors (Lipinski definition) is 3. The zero-order valence-electron chi connectivity index (χ0n) is 15.7. The molecule has 1 saturated heterocycles. The molecule has 4 heterocycles. The molecule has 0 aliphatic carbocycles. The molecule has 12 heteroatoms. The van der Waals surface area contributed by atoms with Gasteiger partial charge in [0.2, 0.25) is 5.91 Å². The molecule has 1 aliphatic rings. The van der Waals surface area contributed by atoms with Crippen LogP contribution in [0.4, 0.5) is 11.5 Å². The maximum atomic E-state index is 12.7. The summed E-state index contributed by atoms with van der Waals surface area (Å²) in [4.78, 5) is 22.3. The lowest BCUT2D eigenvalue weighted by Gasteiger charge is -2.18. The highest BCUT2D eigenvalue weighted by Gasteiger charge is 2.35. The van der Waals surface area contributed by atoms with E-state index in [0.717, 1.165) is 16.0 Å². The number of halogens is 1. The molecule has 0 unspecified atom stereocenters. The summed E-state index contributed by atoms with van der Waals surface area (Å²) in [5.41, 5.74) is 6.92. The van der Waals surface area contributed by atoms with Crippen molar-refractivity contribution in [3.63, 3.8) is 0 Å². The second kappa shape index (κ2) is 8.34. The van der Waals surface area contributed by atoms with E-state index in [0.29, 0.717) is 42.3 Å². The molecule has 1 aliphatic heterocycles. The molecule has 0 bridgehead atoms. The van der Waals surface area contributed by atoms with Crippen LogP contribution >= 0.6 is 22.9 Å². The van der Waals surface area contributed by atoms with E-state index in [1.807, 2.05) is 6.07 Å². The molecule has 3 aromatic rings. The highest BCUT2D eigenvalue weighted by molar-refractivity contribution is 7.91. The summed E-state index contributed by atoms with van der Waals surface area (Å²) in [5, 5.41) is 3.44. The Balaban J connectivity index is 1.36. The quantitative estimate of drug-likeness (QED) is 0.484. The molecule has 30 heavy (non-hydrogen) atoms.